The molecular weight excluding hydrogens is 472 g/mol. The van der Waals surface area contributed by atoms with E-state index in [1.807, 2.05) is 0 Å². The summed E-state index contributed by atoms with van der Waals surface area (Å²) in [5.74, 6) is -3.73. The predicted octanol–water partition coefficient (Wildman–Crippen LogP) is 5.38. The fourth-order valence-corrected chi connectivity index (χ4v) is 3.79. The van der Waals surface area contributed by atoms with Crippen LogP contribution in [0.1, 0.15) is 22.7 Å². The number of hydrogen-bond acceptors (Lipinski definition) is 5. The van der Waals surface area contributed by atoms with E-state index in [0.29, 0.717) is 6.07 Å². The zero-order valence-corrected chi connectivity index (χ0v) is 17.5. The molecule has 3 aromatic rings. The molecule has 1 aliphatic heterocycles. The molecule has 1 atom stereocenters. The van der Waals surface area contributed by atoms with Crippen molar-refractivity contribution >= 4 is 28.8 Å². The highest BCUT2D eigenvalue weighted by Gasteiger charge is 2.47. The third kappa shape index (κ3) is 4.35. The smallest absolute Gasteiger partial charge is 0.416 e. The van der Waals surface area contributed by atoms with Crippen molar-refractivity contribution in [2.75, 3.05) is 4.90 Å². The molecule has 1 heterocycles. The third-order valence-electron chi connectivity index (χ3n) is 5.43. The van der Waals surface area contributed by atoms with E-state index in [4.69, 9.17) is 0 Å². The number of carbonyl (C=O) groups is 2. The normalized spacial score (nSPS) is 17.6. The van der Waals surface area contributed by atoms with Gasteiger partial charge in [0.2, 0.25) is 0 Å². The van der Waals surface area contributed by atoms with Gasteiger partial charge in [0, 0.05) is 23.4 Å². The van der Waals surface area contributed by atoms with Crippen molar-refractivity contribution in [1.82, 2.24) is 0 Å². The van der Waals surface area contributed by atoms with Crippen LogP contribution in [0.3, 0.4) is 0 Å². The number of hydrogen-bond donors (Lipinski definition) is 1. The molecule has 1 N–H and O–H groups in total. The lowest BCUT2D eigenvalue weighted by Gasteiger charge is -2.26. The van der Waals surface area contributed by atoms with Crippen LogP contribution in [0.25, 0.3) is 5.76 Å². The number of alkyl halides is 3. The highest BCUT2D eigenvalue weighted by Crippen LogP contribution is 2.43. The largest absolute Gasteiger partial charge is 0.507 e. The summed E-state index contributed by atoms with van der Waals surface area (Å²) in [6.07, 6.45) is -4.73. The monoisotopic (exact) mass is 486 g/mol. The number of non-ortho nitro benzene ring substituents is 1. The molecule has 0 unspecified atom stereocenters. The summed E-state index contributed by atoms with van der Waals surface area (Å²) < 4.78 is 53.5. The number of anilines is 1. The molecule has 0 aliphatic carbocycles. The first-order valence-electron chi connectivity index (χ1n) is 9.97. The van der Waals surface area contributed by atoms with Gasteiger partial charge in [-0.15, -0.1) is 0 Å². The number of aliphatic hydroxyl groups is 1. The summed E-state index contributed by atoms with van der Waals surface area (Å²) in [4.78, 5) is 37.0. The van der Waals surface area contributed by atoms with Gasteiger partial charge in [-0.25, -0.2) is 4.39 Å². The van der Waals surface area contributed by atoms with Crippen LogP contribution in [0, 0.1) is 15.9 Å². The van der Waals surface area contributed by atoms with Gasteiger partial charge < -0.3 is 5.11 Å². The molecule has 11 heteroatoms. The van der Waals surface area contributed by atoms with Crippen LogP contribution in [-0.4, -0.2) is 21.7 Å². The highest BCUT2D eigenvalue weighted by molar-refractivity contribution is 6.51. The zero-order chi connectivity index (χ0) is 25.5. The van der Waals surface area contributed by atoms with Gasteiger partial charge in [-0.1, -0.05) is 18.2 Å². The van der Waals surface area contributed by atoms with Crippen LogP contribution < -0.4 is 4.90 Å². The molecule has 35 heavy (non-hydrogen) atoms. The first-order chi connectivity index (χ1) is 16.5. The average Bonchev–Trinajstić information content (AvgIpc) is 3.09. The maximum absolute atomic E-state index is 13.6. The molecular formula is C24H14F4N2O5. The van der Waals surface area contributed by atoms with Gasteiger partial charge >= 0.3 is 6.18 Å². The van der Waals surface area contributed by atoms with E-state index in [9.17, 15) is 42.4 Å². The number of amides is 1. The number of nitro benzene ring substituents is 1. The number of benzene rings is 3. The van der Waals surface area contributed by atoms with Crippen LogP contribution in [0.2, 0.25) is 0 Å². The Morgan fingerprint density at radius 1 is 0.971 bits per heavy atom. The summed E-state index contributed by atoms with van der Waals surface area (Å²) >= 11 is 0. The van der Waals surface area contributed by atoms with Crippen LogP contribution >= 0.6 is 0 Å². The number of halogens is 4. The van der Waals surface area contributed by atoms with Crippen molar-refractivity contribution in [3.63, 3.8) is 0 Å². The second-order valence-corrected chi connectivity index (χ2v) is 7.57. The lowest BCUT2D eigenvalue weighted by molar-refractivity contribution is -0.384. The first kappa shape index (κ1) is 23.6. The second-order valence-electron chi connectivity index (χ2n) is 7.57. The molecule has 0 saturated carbocycles. The summed E-state index contributed by atoms with van der Waals surface area (Å²) in [5, 5.41) is 21.8. The van der Waals surface area contributed by atoms with Crippen LogP contribution in [0.5, 0.6) is 0 Å². The van der Waals surface area contributed by atoms with Crippen molar-refractivity contribution in [2.45, 2.75) is 12.2 Å². The lowest BCUT2D eigenvalue weighted by atomic mass is 9.95. The number of rotatable bonds is 4. The van der Waals surface area contributed by atoms with Crippen molar-refractivity contribution in [1.29, 1.82) is 0 Å². The Morgan fingerprint density at radius 3 is 2.17 bits per heavy atom. The minimum absolute atomic E-state index is 0.0373. The molecule has 1 aliphatic rings. The molecule has 1 amide bonds. The van der Waals surface area contributed by atoms with Gasteiger partial charge in [-0.3, -0.25) is 24.6 Å². The molecule has 0 spiro atoms. The zero-order valence-electron chi connectivity index (χ0n) is 17.5. The van der Waals surface area contributed by atoms with E-state index in [1.54, 1.807) is 0 Å². The van der Waals surface area contributed by atoms with Gasteiger partial charge in [0.05, 0.1) is 22.1 Å². The minimum Gasteiger partial charge on any atom is -0.507 e. The van der Waals surface area contributed by atoms with Crippen molar-refractivity contribution in [2.24, 2.45) is 0 Å². The molecule has 4 rings (SSSR count). The Kier molecular flexibility index (Phi) is 5.85. The van der Waals surface area contributed by atoms with E-state index in [1.165, 1.54) is 18.2 Å². The molecule has 1 saturated heterocycles. The second kappa shape index (κ2) is 8.67. The maximum Gasteiger partial charge on any atom is 0.416 e. The lowest BCUT2D eigenvalue weighted by Crippen LogP contribution is -2.29. The molecule has 3 aromatic carbocycles. The molecule has 0 aromatic heterocycles. The van der Waals surface area contributed by atoms with E-state index >= 15 is 0 Å². The van der Waals surface area contributed by atoms with Gasteiger partial charge in [-0.05, 0) is 48.0 Å². The minimum atomic E-state index is -4.73. The van der Waals surface area contributed by atoms with Crippen molar-refractivity contribution in [3.8, 4) is 0 Å². The third-order valence-corrected chi connectivity index (χ3v) is 5.43. The van der Waals surface area contributed by atoms with Crippen LogP contribution in [-0.2, 0) is 15.8 Å². The fraction of sp³-hybridized carbons (Fsp3) is 0.0833. The summed E-state index contributed by atoms with van der Waals surface area (Å²) in [6.45, 7) is 0. The van der Waals surface area contributed by atoms with Crippen LogP contribution in [0.4, 0.5) is 28.9 Å². The van der Waals surface area contributed by atoms with Gasteiger partial charge in [0.25, 0.3) is 17.4 Å². The summed E-state index contributed by atoms with van der Waals surface area (Å²) in [5.41, 5.74) is -1.98. The van der Waals surface area contributed by atoms with E-state index in [0.717, 1.165) is 53.4 Å². The van der Waals surface area contributed by atoms with Gasteiger partial charge in [-0.2, -0.15) is 13.2 Å². The quantitative estimate of drug-likeness (QED) is 0.133. The molecule has 7 nitrogen and oxygen atoms in total. The van der Waals surface area contributed by atoms with Crippen molar-refractivity contribution in [3.05, 3.63) is 111 Å². The predicted molar refractivity (Wildman–Crippen MR) is 116 cm³/mol. The van der Waals surface area contributed by atoms with E-state index in [2.05, 4.69) is 0 Å². The van der Waals surface area contributed by atoms with E-state index < -0.39 is 51.5 Å². The number of ketones is 1. The Bertz CT molecular complexity index is 1370. The summed E-state index contributed by atoms with van der Waals surface area (Å²) in [7, 11) is 0. The number of aliphatic hydroxyl groups excluding tert-OH is 1. The fourth-order valence-electron chi connectivity index (χ4n) is 3.79. The number of Topliss-reactive ketones (excluding diaryl/α,β-unsaturated/α-hetero) is 1. The standard InChI is InChI=1S/C24H14F4N2O5/c25-16-8-4-13(5-9-16)20-19(21(31)14-6-10-17(11-7-14)30(34)35)22(32)23(33)29(20)18-3-1-2-15(12-18)24(26,27)28/h1-12,20,31H/b21-19-/t20-/m1/s1. The SMILES string of the molecule is O=C1C(=O)N(c2cccc(C(F)(F)F)c2)[C@H](c2ccc(F)cc2)/C1=C(/O)c1ccc([N+](=O)[O-])cc1. The Morgan fingerprint density at radius 2 is 1.60 bits per heavy atom. The number of carbonyl (C=O) groups excluding carboxylic acids is 2. The Balaban J connectivity index is 1.92. The first-order valence-corrected chi connectivity index (χ1v) is 9.97. The Labute approximate surface area is 194 Å². The van der Waals surface area contributed by atoms with Gasteiger partial charge in [0.1, 0.15) is 11.6 Å². The molecule has 1 fully saturated rings. The molecule has 178 valence electrons. The van der Waals surface area contributed by atoms with Crippen molar-refractivity contribution < 1.29 is 37.2 Å². The number of nitrogens with zero attached hydrogens (tertiary/aromatic N) is 2. The van der Waals surface area contributed by atoms with Crippen LogP contribution in [0.15, 0.2) is 78.4 Å². The molecule has 0 bridgehead atoms. The van der Waals surface area contributed by atoms with Gasteiger partial charge in [0.15, 0.2) is 0 Å². The number of nitro groups is 1. The summed E-state index contributed by atoms with van der Waals surface area (Å²) in [6, 6.07) is 11.4. The average molecular weight is 486 g/mol. The maximum atomic E-state index is 13.6. The Hall–Kier alpha value is -4.54. The molecule has 0 radical (unpaired) electrons. The highest BCUT2D eigenvalue weighted by atomic mass is 19.4. The topological polar surface area (TPSA) is 101 Å². The van der Waals surface area contributed by atoms with E-state index in [-0.39, 0.29) is 22.5 Å².